The maximum Gasteiger partial charge on any atom is 0.0412 e. The van der Waals surface area contributed by atoms with Crippen molar-refractivity contribution in [1.29, 1.82) is 0 Å². The van der Waals surface area contributed by atoms with E-state index >= 15 is 0 Å². The van der Waals surface area contributed by atoms with Gasteiger partial charge in [0.1, 0.15) is 0 Å². The van der Waals surface area contributed by atoms with Gasteiger partial charge < -0.3 is 10.2 Å². The molecule has 3 nitrogen and oxygen atoms in total. The van der Waals surface area contributed by atoms with Crippen LogP contribution >= 0.6 is 0 Å². The van der Waals surface area contributed by atoms with Gasteiger partial charge in [-0.1, -0.05) is 25.1 Å². The zero-order valence-electron chi connectivity index (χ0n) is 14.3. The highest BCUT2D eigenvalue weighted by Crippen LogP contribution is 2.24. The van der Waals surface area contributed by atoms with Gasteiger partial charge in [0.25, 0.3) is 0 Å². The number of hydrogen-bond donors (Lipinski definition) is 1. The number of likely N-dealkylation sites (N-methyl/N-ethyl adjacent to an activating group) is 1. The molecule has 0 saturated carbocycles. The Morgan fingerprint density at radius 2 is 1.90 bits per heavy atom. The summed E-state index contributed by atoms with van der Waals surface area (Å²) < 4.78 is 0. The lowest BCUT2D eigenvalue weighted by atomic mass is 10.1. The molecule has 1 aromatic rings. The number of nitrogens with one attached hydrogen (secondary N) is 1. The number of hydrogen-bond acceptors (Lipinski definition) is 3. The van der Waals surface area contributed by atoms with E-state index in [2.05, 4.69) is 74.0 Å². The van der Waals surface area contributed by atoms with Crippen molar-refractivity contribution in [3.05, 3.63) is 29.8 Å². The normalized spacial score (nSPS) is 20.8. The minimum atomic E-state index is 0.154. The third-order valence-electron chi connectivity index (χ3n) is 4.31. The maximum absolute atomic E-state index is 3.61. The summed E-state index contributed by atoms with van der Waals surface area (Å²) in [6.45, 7) is 16.8. The van der Waals surface area contributed by atoms with E-state index in [0.29, 0.717) is 6.04 Å². The molecule has 1 atom stereocenters. The Labute approximate surface area is 130 Å². The van der Waals surface area contributed by atoms with Crippen LogP contribution in [0.15, 0.2) is 24.3 Å². The number of rotatable bonds is 4. The summed E-state index contributed by atoms with van der Waals surface area (Å²) in [4.78, 5) is 5.11. The fourth-order valence-electron chi connectivity index (χ4n) is 3.01. The molecule has 0 aromatic heterocycles. The van der Waals surface area contributed by atoms with Crippen molar-refractivity contribution in [3.63, 3.8) is 0 Å². The minimum Gasteiger partial charge on any atom is -0.368 e. The second-order valence-corrected chi connectivity index (χ2v) is 7.16. The minimum absolute atomic E-state index is 0.154. The van der Waals surface area contributed by atoms with Crippen molar-refractivity contribution >= 4 is 5.69 Å². The van der Waals surface area contributed by atoms with Crippen LogP contribution < -0.4 is 10.2 Å². The summed E-state index contributed by atoms with van der Waals surface area (Å²) in [6, 6.07) is 9.47. The zero-order chi connectivity index (χ0) is 15.5. The summed E-state index contributed by atoms with van der Waals surface area (Å²) >= 11 is 0. The van der Waals surface area contributed by atoms with Crippen LogP contribution in [0.2, 0.25) is 0 Å². The van der Waals surface area contributed by atoms with Crippen LogP contribution in [0.4, 0.5) is 5.69 Å². The first-order valence-electron chi connectivity index (χ1n) is 8.22. The second kappa shape index (κ2) is 6.80. The predicted molar refractivity (Wildman–Crippen MR) is 92.0 cm³/mol. The summed E-state index contributed by atoms with van der Waals surface area (Å²) in [5.74, 6) is 0. The van der Waals surface area contributed by atoms with Crippen LogP contribution in [0, 0.1) is 0 Å². The van der Waals surface area contributed by atoms with Gasteiger partial charge >= 0.3 is 0 Å². The third-order valence-corrected chi connectivity index (χ3v) is 4.31. The summed E-state index contributed by atoms with van der Waals surface area (Å²) in [6.07, 6.45) is 0. The molecule has 1 heterocycles. The summed E-state index contributed by atoms with van der Waals surface area (Å²) in [7, 11) is 0. The van der Waals surface area contributed by atoms with Gasteiger partial charge in [0.2, 0.25) is 0 Å². The van der Waals surface area contributed by atoms with Crippen molar-refractivity contribution in [2.45, 2.75) is 52.7 Å². The van der Waals surface area contributed by atoms with Gasteiger partial charge in [-0.15, -0.1) is 0 Å². The lowest BCUT2D eigenvalue weighted by Gasteiger charge is -2.41. The van der Waals surface area contributed by atoms with E-state index in [1.807, 2.05) is 0 Å². The van der Waals surface area contributed by atoms with E-state index in [1.165, 1.54) is 17.8 Å². The van der Waals surface area contributed by atoms with E-state index < -0.39 is 0 Å². The number of anilines is 1. The highest BCUT2D eigenvalue weighted by molar-refractivity contribution is 5.54. The van der Waals surface area contributed by atoms with Crippen LogP contribution in [0.1, 0.15) is 40.2 Å². The molecule has 1 saturated heterocycles. The van der Waals surface area contributed by atoms with Crippen LogP contribution in [0.5, 0.6) is 0 Å². The highest BCUT2D eigenvalue weighted by Gasteiger charge is 2.23. The van der Waals surface area contributed by atoms with Gasteiger partial charge in [-0.05, 0) is 45.9 Å². The van der Waals surface area contributed by atoms with Crippen molar-refractivity contribution in [2.24, 2.45) is 0 Å². The molecule has 2 rings (SSSR count). The average molecular weight is 289 g/mol. The van der Waals surface area contributed by atoms with Crippen molar-refractivity contribution < 1.29 is 0 Å². The van der Waals surface area contributed by atoms with E-state index in [9.17, 15) is 0 Å². The Hall–Kier alpha value is -1.06. The maximum atomic E-state index is 3.61. The summed E-state index contributed by atoms with van der Waals surface area (Å²) in [5.41, 5.74) is 2.96. The molecule has 0 aliphatic carbocycles. The molecule has 21 heavy (non-hydrogen) atoms. The van der Waals surface area contributed by atoms with E-state index in [-0.39, 0.29) is 5.54 Å². The van der Waals surface area contributed by atoms with Gasteiger partial charge in [0, 0.05) is 43.4 Å². The first kappa shape index (κ1) is 16.3. The van der Waals surface area contributed by atoms with Crippen molar-refractivity contribution in [3.8, 4) is 0 Å². The zero-order valence-corrected chi connectivity index (χ0v) is 14.3. The fourth-order valence-corrected chi connectivity index (χ4v) is 3.01. The Bertz CT molecular complexity index is 450. The molecule has 1 N–H and O–H groups in total. The molecule has 0 bridgehead atoms. The monoisotopic (exact) mass is 289 g/mol. The molecule has 1 fully saturated rings. The number of piperazine rings is 1. The van der Waals surface area contributed by atoms with E-state index in [1.54, 1.807) is 0 Å². The highest BCUT2D eigenvalue weighted by atomic mass is 15.3. The first-order valence-corrected chi connectivity index (χ1v) is 8.22. The van der Waals surface area contributed by atoms with Crippen LogP contribution in [-0.4, -0.2) is 42.7 Å². The summed E-state index contributed by atoms with van der Waals surface area (Å²) in [5, 5.41) is 3.61. The third kappa shape index (κ3) is 4.45. The molecule has 0 radical (unpaired) electrons. The van der Waals surface area contributed by atoms with E-state index in [0.717, 1.165) is 26.2 Å². The quantitative estimate of drug-likeness (QED) is 0.919. The molecule has 1 aliphatic heterocycles. The standard InChI is InChI=1S/C18H31N3/c1-6-20-11-12-21(14-15(20)2)17-10-8-7-9-16(17)13-19-18(3,4)5/h7-10,15,19H,6,11-14H2,1-5H3. The molecule has 1 aromatic carbocycles. The Morgan fingerprint density at radius 1 is 1.19 bits per heavy atom. The average Bonchev–Trinajstić information content (AvgIpc) is 2.44. The largest absolute Gasteiger partial charge is 0.368 e. The van der Waals surface area contributed by atoms with Crippen molar-refractivity contribution in [1.82, 2.24) is 10.2 Å². The molecule has 118 valence electrons. The van der Waals surface area contributed by atoms with Gasteiger partial charge in [0.05, 0.1) is 0 Å². The lowest BCUT2D eigenvalue weighted by Crippen LogP contribution is -2.52. The predicted octanol–water partition coefficient (Wildman–Crippen LogP) is 3.11. The Morgan fingerprint density at radius 3 is 2.52 bits per heavy atom. The molecule has 1 aliphatic rings. The molecule has 3 heteroatoms. The van der Waals surface area contributed by atoms with Crippen LogP contribution in [0.3, 0.4) is 0 Å². The lowest BCUT2D eigenvalue weighted by molar-refractivity contribution is 0.199. The number of benzene rings is 1. The van der Waals surface area contributed by atoms with Gasteiger partial charge in [0.15, 0.2) is 0 Å². The van der Waals surface area contributed by atoms with E-state index in [4.69, 9.17) is 0 Å². The number of nitrogens with zero attached hydrogens (tertiary/aromatic N) is 2. The van der Waals surface area contributed by atoms with Gasteiger partial charge in [-0.25, -0.2) is 0 Å². The van der Waals surface area contributed by atoms with Crippen LogP contribution in [0.25, 0.3) is 0 Å². The Balaban J connectivity index is 2.09. The molecular weight excluding hydrogens is 258 g/mol. The van der Waals surface area contributed by atoms with Crippen molar-refractivity contribution in [2.75, 3.05) is 31.1 Å². The SMILES string of the molecule is CCN1CCN(c2ccccc2CNC(C)(C)C)CC1C. The van der Waals surface area contributed by atoms with Gasteiger partial charge in [-0.2, -0.15) is 0 Å². The molecule has 0 amide bonds. The fraction of sp³-hybridized carbons (Fsp3) is 0.667. The Kier molecular flexibility index (Phi) is 5.28. The number of para-hydroxylation sites is 1. The van der Waals surface area contributed by atoms with Crippen LogP contribution in [-0.2, 0) is 6.54 Å². The second-order valence-electron chi connectivity index (χ2n) is 7.16. The molecular formula is C18H31N3. The smallest absolute Gasteiger partial charge is 0.0412 e. The topological polar surface area (TPSA) is 18.5 Å². The molecule has 0 spiro atoms. The first-order chi connectivity index (χ1) is 9.90. The molecule has 1 unspecified atom stereocenters. The van der Waals surface area contributed by atoms with Gasteiger partial charge in [-0.3, -0.25) is 4.90 Å².